The Hall–Kier alpha value is -0.830. The highest BCUT2D eigenvalue weighted by atomic mass is 16.4. The number of fused-ring (bicyclic) bond motifs is 1. The van der Waals surface area contributed by atoms with Gasteiger partial charge in [-0.25, -0.2) is 0 Å². The van der Waals surface area contributed by atoms with Gasteiger partial charge in [-0.05, 0) is 43.4 Å². The zero-order chi connectivity index (χ0) is 10.9. The number of aliphatic carboxylic acids is 1. The smallest absolute Gasteiger partial charge is 0.0383 e. The van der Waals surface area contributed by atoms with Gasteiger partial charge in [-0.3, -0.25) is 0 Å². The van der Waals surface area contributed by atoms with E-state index in [-0.39, 0.29) is 5.48 Å². The van der Waals surface area contributed by atoms with E-state index in [1.54, 1.807) is 0 Å². The van der Waals surface area contributed by atoms with Crippen molar-refractivity contribution in [3.8, 4) is 0 Å². The summed E-state index contributed by atoms with van der Waals surface area (Å²) in [6.45, 7) is 9.80. The molecule has 0 bridgehead atoms. The second-order valence-electron chi connectivity index (χ2n) is 4.79. The summed E-state index contributed by atoms with van der Waals surface area (Å²) < 4.78 is 0. The van der Waals surface area contributed by atoms with E-state index in [1.165, 1.54) is 24.8 Å². The lowest BCUT2D eigenvalue weighted by atomic mass is 9.90. The van der Waals surface area contributed by atoms with Crippen LogP contribution in [0.5, 0.6) is 0 Å². The maximum absolute atomic E-state index is 8.89. The Morgan fingerprint density at radius 3 is 2.20 bits per heavy atom. The van der Waals surface area contributed by atoms with Crippen molar-refractivity contribution in [2.45, 2.75) is 40.0 Å². The van der Waals surface area contributed by atoms with Gasteiger partial charge in [-0.2, -0.15) is 0 Å². The predicted octanol–water partition coefficient (Wildman–Crippen LogP) is 0.930. The summed E-state index contributed by atoms with van der Waals surface area (Å²) in [5.41, 5.74) is 2.27. The van der Waals surface area contributed by atoms with Crippen molar-refractivity contribution in [2.75, 3.05) is 0 Å². The molecule has 0 amide bonds. The first-order valence-electron chi connectivity index (χ1n) is 5.25. The number of rotatable bonds is 1. The molecule has 0 radical (unpaired) electrons. The van der Waals surface area contributed by atoms with Crippen LogP contribution in [0.1, 0.15) is 40.0 Å². The van der Waals surface area contributed by atoms with E-state index in [2.05, 4.69) is 20.4 Å². The highest BCUT2D eigenvalue weighted by Gasteiger charge is 2.59. The van der Waals surface area contributed by atoms with Crippen LogP contribution in [0.25, 0.3) is 0 Å². The summed E-state index contributed by atoms with van der Waals surface area (Å²) in [7, 11) is 0. The highest BCUT2D eigenvalue weighted by molar-refractivity contribution is 5.60. The van der Waals surface area contributed by atoms with E-state index >= 15 is 0 Å². The van der Waals surface area contributed by atoms with Crippen molar-refractivity contribution in [1.82, 2.24) is 0 Å². The molecule has 3 heteroatoms. The molecule has 0 spiro atoms. The lowest BCUT2D eigenvalue weighted by molar-refractivity contribution is -0.302. The number of carboxylic acids is 1. The van der Waals surface area contributed by atoms with E-state index in [4.69, 9.17) is 9.90 Å². The molecule has 2 aliphatic rings. The molecule has 0 saturated heterocycles. The number of carbonyl (C=O) groups is 1. The Labute approximate surface area is 91.5 Å². The van der Waals surface area contributed by atoms with Crippen LogP contribution in [0.2, 0.25) is 0 Å². The summed E-state index contributed by atoms with van der Waals surface area (Å²) in [4.78, 5) is 8.89. The minimum atomic E-state index is -1.08. The minimum absolute atomic E-state index is 0. The van der Waals surface area contributed by atoms with Crippen molar-refractivity contribution in [3.05, 3.63) is 12.2 Å². The summed E-state index contributed by atoms with van der Waals surface area (Å²) in [5, 5.41) is 8.89. The molecule has 2 saturated carbocycles. The molecular weight excluding hydrogens is 192 g/mol. The van der Waals surface area contributed by atoms with Crippen LogP contribution in [-0.2, 0) is 4.79 Å². The maximum Gasteiger partial charge on any atom is 0.0383 e. The zero-order valence-corrected chi connectivity index (χ0v) is 9.80. The predicted molar refractivity (Wildman–Crippen MR) is 58.0 cm³/mol. The van der Waals surface area contributed by atoms with Crippen LogP contribution < -0.4 is 5.11 Å². The lowest BCUT2D eigenvalue weighted by Gasteiger charge is -2.15. The molecule has 2 aliphatic carbocycles. The van der Waals surface area contributed by atoms with E-state index < -0.39 is 5.97 Å². The van der Waals surface area contributed by atoms with Crippen molar-refractivity contribution < 1.29 is 15.4 Å². The minimum Gasteiger partial charge on any atom is -0.550 e. The third kappa shape index (κ3) is 2.81. The molecule has 0 aromatic carbocycles. The first-order chi connectivity index (χ1) is 6.40. The van der Waals surface area contributed by atoms with Crippen LogP contribution in [0.4, 0.5) is 0 Å². The molecule has 88 valence electrons. The SMILES string of the molecule is C=C1CCC2(C(C)C)CC12.CC(=O)[O-].O. The van der Waals surface area contributed by atoms with Crippen molar-refractivity contribution in [1.29, 1.82) is 0 Å². The Morgan fingerprint density at radius 2 is 2.07 bits per heavy atom. The van der Waals surface area contributed by atoms with E-state index in [9.17, 15) is 0 Å². The van der Waals surface area contributed by atoms with Gasteiger partial charge in [0.2, 0.25) is 0 Å². The van der Waals surface area contributed by atoms with Crippen molar-refractivity contribution in [3.63, 3.8) is 0 Å². The maximum atomic E-state index is 8.89. The summed E-state index contributed by atoms with van der Waals surface area (Å²) >= 11 is 0. The normalized spacial score (nSPS) is 31.2. The van der Waals surface area contributed by atoms with Gasteiger partial charge in [-0.1, -0.05) is 26.0 Å². The Bertz CT molecular complexity index is 254. The number of hydrogen-bond acceptors (Lipinski definition) is 2. The van der Waals surface area contributed by atoms with Crippen LogP contribution >= 0.6 is 0 Å². The molecule has 2 N–H and O–H groups in total. The molecule has 0 aliphatic heterocycles. The molecule has 2 unspecified atom stereocenters. The lowest BCUT2D eigenvalue weighted by Crippen LogP contribution is -2.16. The third-order valence-electron chi connectivity index (χ3n) is 3.67. The van der Waals surface area contributed by atoms with Gasteiger partial charge in [0, 0.05) is 5.97 Å². The second kappa shape index (κ2) is 4.79. The molecule has 2 atom stereocenters. The van der Waals surface area contributed by atoms with Gasteiger partial charge >= 0.3 is 0 Å². The molecular formula is C12H21O3-. The largest absolute Gasteiger partial charge is 0.550 e. The van der Waals surface area contributed by atoms with Gasteiger partial charge in [0.1, 0.15) is 0 Å². The quantitative estimate of drug-likeness (QED) is 0.608. The Balaban J connectivity index is 0.000000346. The first kappa shape index (κ1) is 14.2. The summed E-state index contributed by atoms with van der Waals surface area (Å²) in [5.74, 6) is 0.726. The van der Waals surface area contributed by atoms with Crippen LogP contribution in [0.15, 0.2) is 12.2 Å². The molecule has 0 aromatic rings. The molecule has 0 heterocycles. The average molecular weight is 213 g/mol. The molecule has 2 rings (SSSR count). The molecule has 3 nitrogen and oxygen atoms in total. The zero-order valence-electron chi connectivity index (χ0n) is 9.80. The number of hydrogen-bond donors (Lipinski definition) is 0. The molecule has 15 heavy (non-hydrogen) atoms. The van der Waals surface area contributed by atoms with Crippen LogP contribution in [0, 0.1) is 17.3 Å². The average Bonchev–Trinajstić information content (AvgIpc) is 2.68. The topological polar surface area (TPSA) is 71.6 Å². The van der Waals surface area contributed by atoms with E-state index in [1.807, 2.05) is 0 Å². The van der Waals surface area contributed by atoms with E-state index in [0.717, 1.165) is 24.2 Å². The van der Waals surface area contributed by atoms with Gasteiger partial charge in [0.25, 0.3) is 0 Å². The van der Waals surface area contributed by atoms with E-state index in [0.29, 0.717) is 0 Å². The fraction of sp³-hybridized carbons (Fsp3) is 0.750. The van der Waals surface area contributed by atoms with Gasteiger partial charge in [0.15, 0.2) is 0 Å². The monoisotopic (exact) mass is 213 g/mol. The summed E-state index contributed by atoms with van der Waals surface area (Å²) in [6, 6.07) is 0. The first-order valence-corrected chi connectivity index (χ1v) is 5.25. The number of carbonyl (C=O) groups excluding carboxylic acids is 1. The fourth-order valence-electron chi connectivity index (χ4n) is 2.64. The standard InChI is InChI=1S/C10H16.C2H4O2.H2O/c1-7(2)10-5-4-8(3)9(10)6-10;1-2(3)4;/h7,9H,3-6H2,1-2H3;1H3,(H,3,4);1H2/p-1. The van der Waals surface area contributed by atoms with Crippen molar-refractivity contribution >= 4 is 5.97 Å². The summed E-state index contributed by atoms with van der Waals surface area (Å²) in [6.07, 6.45) is 4.18. The third-order valence-corrected chi connectivity index (χ3v) is 3.67. The molecule has 0 aromatic heterocycles. The Kier molecular flexibility index (Phi) is 4.53. The highest BCUT2D eigenvalue weighted by Crippen LogP contribution is 2.69. The molecule has 2 fully saturated rings. The second-order valence-corrected chi connectivity index (χ2v) is 4.79. The van der Waals surface area contributed by atoms with Crippen LogP contribution in [0.3, 0.4) is 0 Å². The van der Waals surface area contributed by atoms with Gasteiger partial charge < -0.3 is 15.4 Å². The van der Waals surface area contributed by atoms with Gasteiger partial charge in [-0.15, -0.1) is 0 Å². The number of allylic oxidation sites excluding steroid dienone is 1. The fourth-order valence-corrected chi connectivity index (χ4v) is 2.64. The van der Waals surface area contributed by atoms with Crippen molar-refractivity contribution in [2.24, 2.45) is 17.3 Å². The Morgan fingerprint density at radius 1 is 1.60 bits per heavy atom. The van der Waals surface area contributed by atoms with Gasteiger partial charge in [0.05, 0.1) is 0 Å². The van der Waals surface area contributed by atoms with Crippen LogP contribution in [-0.4, -0.2) is 11.4 Å². The number of carboxylic acid groups (broad SMARTS) is 1.